The lowest BCUT2D eigenvalue weighted by Gasteiger charge is -2.48. The third kappa shape index (κ3) is 5.60. The largest absolute Gasteiger partial charge is 0.379 e. The second-order valence-corrected chi connectivity index (χ2v) is 9.39. The topological polar surface area (TPSA) is 59.4 Å². The molecule has 1 aliphatic carbocycles. The molecule has 0 atom stereocenters. The van der Waals surface area contributed by atoms with E-state index >= 15 is 0 Å². The Morgan fingerprint density at radius 1 is 1.17 bits per heavy atom. The molecule has 0 aromatic carbocycles. The second kappa shape index (κ2) is 10.1. The van der Waals surface area contributed by atoms with Crippen molar-refractivity contribution in [1.29, 1.82) is 0 Å². The molecule has 1 aromatic heterocycles. The Balaban J connectivity index is 1.55. The number of morpholine rings is 1. The van der Waals surface area contributed by atoms with E-state index in [0.29, 0.717) is 12.3 Å². The molecule has 6 heteroatoms. The average molecular weight is 405 g/mol. The van der Waals surface area contributed by atoms with Gasteiger partial charge in [-0.15, -0.1) is 0 Å². The van der Waals surface area contributed by atoms with Crippen molar-refractivity contribution < 1.29 is 9.53 Å². The first-order chi connectivity index (χ1) is 13.9. The molecular formula is C23H40N4O2. The maximum Gasteiger partial charge on any atom is 0.220 e. The summed E-state index contributed by atoms with van der Waals surface area (Å²) in [6.07, 6.45) is 7.53. The summed E-state index contributed by atoms with van der Waals surface area (Å²) in [7, 11) is 0. The lowest BCUT2D eigenvalue weighted by atomic mass is 9.79. The van der Waals surface area contributed by atoms with E-state index < -0.39 is 0 Å². The molecule has 0 unspecified atom stereocenters. The highest BCUT2D eigenvalue weighted by atomic mass is 16.5. The van der Waals surface area contributed by atoms with Crippen molar-refractivity contribution >= 4 is 5.91 Å². The van der Waals surface area contributed by atoms with Crippen molar-refractivity contribution in [2.24, 2.45) is 5.92 Å². The minimum atomic E-state index is 0.131. The Morgan fingerprint density at radius 3 is 2.52 bits per heavy atom. The number of aromatic nitrogens is 2. The van der Waals surface area contributed by atoms with E-state index in [9.17, 15) is 4.79 Å². The van der Waals surface area contributed by atoms with Gasteiger partial charge in [-0.3, -0.25) is 14.4 Å². The zero-order chi connectivity index (χ0) is 20.9. The van der Waals surface area contributed by atoms with Gasteiger partial charge >= 0.3 is 0 Å². The molecule has 29 heavy (non-hydrogen) atoms. The fourth-order valence-corrected chi connectivity index (χ4v) is 5.06. The van der Waals surface area contributed by atoms with Gasteiger partial charge in [0.25, 0.3) is 0 Å². The fraction of sp³-hybridized carbons (Fsp3) is 0.826. The number of nitrogens with zero attached hydrogens (tertiary/aromatic N) is 3. The number of carbonyl (C=O) groups excluding carboxylic acids is 1. The molecule has 1 saturated carbocycles. The van der Waals surface area contributed by atoms with Crippen molar-refractivity contribution in [2.75, 3.05) is 32.8 Å². The Bertz CT molecular complexity index is 671. The fourth-order valence-electron chi connectivity index (χ4n) is 5.06. The maximum absolute atomic E-state index is 12.7. The van der Waals surface area contributed by atoms with Crippen LogP contribution in [0.15, 0.2) is 0 Å². The van der Waals surface area contributed by atoms with Crippen LogP contribution in [0.2, 0.25) is 0 Å². The van der Waals surface area contributed by atoms with E-state index in [1.807, 2.05) is 0 Å². The van der Waals surface area contributed by atoms with Gasteiger partial charge in [0.15, 0.2) is 0 Å². The summed E-state index contributed by atoms with van der Waals surface area (Å²) in [4.78, 5) is 15.3. The van der Waals surface area contributed by atoms with Crippen LogP contribution in [0.25, 0.3) is 0 Å². The third-order valence-electron chi connectivity index (χ3n) is 6.75. The van der Waals surface area contributed by atoms with Gasteiger partial charge in [-0.2, -0.15) is 5.10 Å². The van der Waals surface area contributed by atoms with Gasteiger partial charge in [0, 0.05) is 43.8 Å². The molecule has 6 nitrogen and oxygen atoms in total. The van der Waals surface area contributed by atoms with Crippen molar-refractivity contribution in [2.45, 2.75) is 84.7 Å². The first kappa shape index (κ1) is 22.3. The molecule has 0 radical (unpaired) electrons. The van der Waals surface area contributed by atoms with Crippen molar-refractivity contribution in [3.05, 3.63) is 17.0 Å². The van der Waals surface area contributed by atoms with Crippen LogP contribution in [0.3, 0.4) is 0 Å². The Kier molecular flexibility index (Phi) is 7.74. The van der Waals surface area contributed by atoms with Crippen LogP contribution in [-0.4, -0.2) is 59.0 Å². The van der Waals surface area contributed by atoms with E-state index in [-0.39, 0.29) is 11.4 Å². The number of ether oxygens (including phenoxy) is 1. The van der Waals surface area contributed by atoms with Crippen molar-refractivity contribution in [3.8, 4) is 0 Å². The van der Waals surface area contributed by atoms with E-state index in [0.717, 1.165) is 51.5 Å². The first-order valence-corrected chi connectivity index (χ1v) is 11.5. The number of aryl methyl sites for hydroxylation is 1. The number of nitrogens with one attached hydrogen (secondary N) is 1. The van der Waals surface area contributed by atoms with E-state index in [1.54, 1.807) is 0 Å². The van der Waals surface area contributed by atoms with Gasteiger partial charge in [-0.1, -0.05) is 33.1 Å². The van der Waals surface area contributed by atoms with Crippen molar-refractivity contribution in [1.82, 2.24) is 20.0 Å². The molecule has 2 heterocycles. The highest BCUT2D eigenvalue weighted by molar-refractivity contribution is 5.76. The summed E-state index contributed by atoms with van der Waals surface area (Å²) in [6.45, 7) is 13.9. The molecule has 1 aliphatic heterocycles. The van der Waals surface area contributed by atoms with Gasteiger partial charge in [0.05, 0.1) is 18.9 Å². The Morgan fingerprint density at radius 2 is 1.86 bits per heavy atom. The molecule has 2 aliphatic rings. The molecule has 2 fully saturated rings. The number of amides is 1. The van der Waals surface area contributed by atoms with Gasteiger partial charge in [-0.25, -0.2) is 0 Å². The van der Waals surface area contributed by atoms with Crippen LogP contribution in [0, 0.1) is 19.8 Å². The lowest BCUT2D eigenvalue weighted by molar-refractivity contribution is -0.122. The minimum Gasteiger partial charge on any atom is -0.379 e. The maximum atomic E-state index is 12.7. The third-order valence-corrected chi connectivity index (χ3v) is 6.75. The number of rotatable bonds is 8. The molecule has 0 spiro atoms. The molecule has 1 N–H and O–H groups in total. The summed E-state index contributed by atoms with van der Waals surface area (Å²) in [5.74, 6) is 0.731. The van der Waals surface area contributed by atoms with Gasteiger partial charge in [0.1, 0.15) is 0 Å². The zero-order valence-electron chi connectivity index (χ0n) is 18.9. The smallest absolute Gasteiger partial charge is 0.220 e. The Hall–Kier alpha value is -1.40. The summed E-state index contributed by atoms with van der Waals surface area (Å²) >= 11 is 0. The van der Waals surface area contributed by atoms with Crippen LogP contribution >= 0.6 is 0 Å². The molecular weight excluding hydrogens is 364 g/mol. The van der Waals surface area contributed by atoms with Crippen LogP contribution in [0.1, 0.15) is 69.3 Å². The predicted molar refractivity (Wildman–Crippen MR) is 116 cm³/mol. The van der Waals surface area contributed by atoms with Crippen LogP contribution in [0.5, 0.6) is 0 Å². The normalized spacial score (nSPS) is 20.2. The monoisotopic (exact) mass is 404 g/mol. The summed E-state index contributed by atoms with van der Waals surface area (Å²) in [6, 6.07) is 0. The zero-order valence-corrected chi connectivity index (χ0v) is 18.9. The minimum absolute atomic E-state index is 0.131. The Labute approximate surface area is 176 Å². The van der Waals surface area contributed by atoms with Crippen molar-refractivity contribution in [3.63, 3.8) is 0 Å². The number of carbonyl (C=O) groups is 1. The van der Waals surface area contributed by atoms with Gasteiger partial charge < -0.3 is 10.1 Å². The van der Waals surface area contributed by atoms with E-state index in [2.05, 4.69) is 47.7 Å². The highest BCUT2D eigenvalue weighted by Gasteiger charge is 2.38. The van der Waals surface area contributed by atoms with Crippen LogP contribution < -0.4 is 5.32 Å². The standard InChI is InChI=1S/C23H40N4O2/c1-18(2)16-27-20(4)21(19(3)25-27)8-9-22(28)24-17-23(10-6-5-7-11-23)26-12-14-29-15-13-26/h18H,5-17H2,1-4H3,(H,24,28). The first-order valence-electron chi connectivity index (χ1n) is 11.5. The summed E-state index contributed by atoms with van der Waals surface area (Å²) < 4.78 is 7.66. The van der Waals surface area contributed by atoms with E-state index in [4.69, 9.17) is 4.74 Å². The number of hydrogen-bond acceptors (Lipinski definition) is 4. The van der Waals surface area contributed by atoms with Crippen LogP contribution in [0.4, 0.5) is 0 Å². The molecule has 1 amide bonds. The summed E-state index contributed by atoms with van der Waals surface area (Å²) in [5, 5.41) is 7.98. The quantitative estimate of drug-likeness (QED) is 0.723. The van der Waals surface area contributed by atoms with E-state index in [1.165, 1.54) is 43.4 Å². The molecule has 164 valence electrons. The predicted octanol–water partition coefficient (Wildman–Crippen LogP) is 3.24. The molecule has 0 bridgehead atoms. The molecule has 1 aromatic rings. The van der Waals surface area contributed by atoms with Crippen LogP contribution in [-0.2, 0) is 22.5 Å². The SMILES string of the molecule is Cc1nn(CC(C)C)c(C)c1CCC(=O)NCC1(N2CCOCC2)CCCCC1. The highest BCUT2D eigenvalue weighted by Crippen LogP contribution is 2.34. The molecule has 1 saturated heterocycles. The number of hydrogen-bond donors (Lipinski definition) is 1. The van der Waals surface area contributed by atoms with Gasteiger partial charge in [-0.05, 0) is 44.6 Å². The second-order valence-electron chi connectivity index (χ2n) is 9.39. The molecule has 3 rings (SSSR count). The van der Waals surface area contributed by atoms with Gasteiger partial charge in [0.2, 0.25) is 5.91 Å². The average Bonchev–Trinajstić information content (AvgIpc) is 2.98. The lowest BCUT2D eigenvalue weighted by Crippen LogP contribution is -2.59. The summed E-state index contributed by atoms with van der Waals surface area (Å²) in [5.41, 5.74) is 3.64.